The van der Waals surface area contributed by atoms with Crippen molar-refractivity contribution in [3.05, 3.63) is 119 Å². The van der Waals surface area contributed by atoms with E-state index in [0.29, 0.717) is 36.5 Å². The number of aliphatic hydroxyl groups excluding tert-OH is 1. The molecule has 1 saturated heterocycles. The van der Waals surface area contributed by atoms with E-state index in [9.17, 15) is 19.5 Å². The van der Waals surface area contributed by atoms with Gasteiger partial charge in [0.2, 0.25) is 17.7 Å². The van der Waals surface area contributed by atoms with Crippen molar-refractivity contribution in [2.45, 2.75) is 69.2 Å². The Morgan fingerprint density at radius 1 is 0.816 bits per heavy atom. The number of para-hydroxylation sites is 2. The van der Waals surface area contributed by atoms with Crippen LogP contribution in [0.2, 0.25) is 0 Å². The SMILES string of the molecule is CC(=O)Nc1ccc(SCC2CC(c3ccc(CO)cc3)OC(c3ccc(CNC(=O)CCCC(=O)Nc4ccccc4N)cc3)O2)cc1. The average Bonchev–Trinajstić information content (AvgIpc) is 3.11. The number of nitrogens with one attached hydrogen (secondary N) is 3. The number of aliphatic hydroxyl groups is 1. The maximum Gasteiger partial charge on any atom is 0.224 e. The third kappa shape index (κ3) is 10.9. The van der Waals surface area contributed by atoms with E-state index in [1.807, 2.05) is 72.8 Å². The molecule has 10 nitrogen and oxygen atoms in total. The van der Waals surface area contributed by atoms with Crippen molar-refractivity contribution in [2.24, 2.45) is 0 Å². The van der Waals surface area contributed by atoms with Crippen molar-refractivity contribution in [3.63, 3.8) is 0 Å². The first kappa shape index (κ1) is 35.6. The van der Waals surface area contributed by atoms with Gasteiger partial charge in [-0.2, -0.15) is 0 Å². The molecule has 0 radical (unpaired) electrons. The summed E-state index contributed by atoms with van der Waals surface area (Å²) in [6.45, 7) is 1.82. The summed E-state index contributed by atoms with van der Waals surface area (Å²) < 4.78 is 12.9. The number of nitrogen functional groups attached to an aromatic ring is 1. The number of nitrogens with two attached hydrogens (primary N) is 1. The summed E-state index contributed by atoms with van der Waals surface area (Å²) in [5.41, 5.74) is 11.3. The van der Waals surface area contributed by atoms with E-state index in [0.717, 1.165) is 32.8 Å². The van der Waals surface area contributed by atoms with Gasteiger partial charge in [-0.25, -0.2) is 0 Å². The number of benzene rings is 4. The lowest BCUT2D eigenvalue weighted by molar-refractivity contribution is -0.245. The maximum absolute atomic E-state index is 12.5. The normalized spacial score (nSPS) is 17.2. The van der Waals surface area contributed by atoms with Gasteiger partial charge in [0.25, 0.3) is 0 Å². The highest BCUT2D eigenvalue weighted by Gasteiger charge is 2.32. The van der Waals surface area contributed by atoms with Gasteiger partial charge in [-0.1, -0.05) is 60.7 Å². The van der Waals surface area contributed by atoms with Crippen molar-refractivity contribution < 1.29 is 29.0 Å². The molecule has 1 aliphatic rings. The Balaban J connectivity index is 1.14. The number of amides is 3. The summed E-state index contributed by atoms with van der Waals surface area (Å²) in [6.07, 6.45) is 0.639. The molecule has 256 valence electrons. The molecule has 5 rings (SSSR count). The van der Waals surface area contributed by atoms with Crippen LogP contribution < -0.4 is 21.7 Å². The van der Waals surface area contributed by atoms with E-state index in [1.54, 1.807) is 36.0 Å². The summed E-state index contributed by atoms with van der Waals surface area (Å²) >= 11 is 1.68. The Morgan fingerprint density at radius 2 is 1.49 bits per heavy atom. The first-order valence-corrected chi connectivity index (χ1v) is 17.2. The minimum atomic E-state index is -0.593. The third-order valence-electron chi connectivity index (χ3n) is 8.01. The van der Waals surface area contributed by atoms with Crippen LogP contribution in [0.3, 0.4) is 0 Å². The lowest BCUT2D eigenvalue weighted by Crippen LogP contribution is -2.31. The first-order valence-electron chi connectivity index (χ1n) is 16.3. The second-order valence-electron chi connectivity index (χ2n) is 11.9. The molecule has 0 saturated carbocycles. The molecule has 11 heteroatoms. The maximum atomic E-state index is 12.5. The zero-order valence-electron chi connectivity index (χ0n) is 27.4. The number of carbonyl (C=O) groups excluding carboxylic acids is 3. The molecule has 1 heterocycles. The van der Waals surface area contributed by atoms with E-state index in [-0.39, 0.29) is 49.4 Å². The van der Waals surface area contributed by atoms with Gasteiger partial charge in [0.05, 0.1) is 30.2 Å². The molecule has 0 aliphatic carbocycles. The van der Waals surface area contributed by atoms with Gasteiger partial charge < -0.3 is 36.3 Å². The monoisotopic (exact) mass is 682 g/mol. The number of hydrogen-bond acceptors (Lipinski definition) is 8. The van der Waals surface area contributed by atoms with Crippen molar-refractivity contribution in [1.29, 1.82) is 0 Å². The summed E-state index contributed by atoms with van der Waals surface area (Å²) in [6, 6.07) is 30.4. The molecule has 3 amide bonds. The van der Waals surface area contributed by atoms with Gasteiger partial charge >= 0.3 is 0 Å². The fraction of sp³-hybridized carbons (Fsp3) is 0.289. The van der Waals surface area contributed by atoms with Gasteiger partial charge in [0.15, 0.2) is 6.29 Å². The van der Waals surface area contributed by atoms with Crippen LogP contribution in [0, 0.1) is 0 Å². The lowest BCUT2D eigenvalue weighted by atomic mass is 10.0. The van der Waals surface area contributed by atoms with E-state index in [1.165, 1.54) is 6.92 Å². The molecular formula is C38H42N4O6S. The molecule has 1 fully saturated rings. The number of ether oxygens (including phenoxy) is 2. The molecule has 49 heavy (non-hydrogen) atoms. The van der Waals surface area contributed by atoms with E-state index < -0.39 is 6.29 Å². The van der Waals surface area contributed by atoms with E-state index in [2.05, 4.69) is 16.0 Å². The highest BCUT2D eigenvalue weighted by atomic mass is 32.2. The Bertz CT molecular complexity index is 1700. The van der Waals surface area contributed by atoms with Crippen LogP contribution in [0.25, 0.3) is 0 Å². The van der Waals surface area contributed by atoms with Crippen molar-refractivity contribution >= 4 is 46.5 Å². The number of carbonyl (C=O) groups is 3. The highest BCUT2D eigenvalue weighted by Crippen LogP contribution is 2.39. The summed E-state index contributed by atoms with van der Waals surface area (Å²) in [5, 5.41) is 18.0. The predicted octanol–water partition coefficient (Wildman–Crippen LogP) is 6.48. The quantitative estimate of drug-likeness (QED) is 0.0749. The molecule has 4 aromatic carbocycles. The van der Waals surface area contributed by atoms with Gasteiger partial charge in [0, 0.05) is 54.6 Å². The average molecular weight is 683 g/mol. The predicted molar refractivity (Wildman–Crippen MR) is 192 cm³/mol. The standard InChI is InChI=1S/C38H42N4O6S/c1-25(44)41-30-17-19-32(20-18-30)49-24-31-21-35(28-13-11-27(23-43)12-14-28)48-38(47-31)29-15-9-26(10-16-29)22-40-36(45)7-4-8-37(46)42-34-6-3-2-5-33(34)39/h2-3,5-6,9-20,31,35,38,43H,4,7-8,21-24,39H2,1H3,(H,40,45)(H,41,44)(H,42,46). The van der Waals surface area contributed by atoms with Crippen LogP contribution in [0.5, 0.6) is 0 Å². The molecule has 4 aromatic rings. The van der Waals surface area contributed by atoms with Crippen LogP contribution in [-0.4, -0.2) is 34.7 Å². The first-order chi connectivity index (χ1) is 23.7. The van der Waals surface area contributed by atoms with Crippen LogP contribution in [0.4, 0.5) is 17.1 Å². The minimum absolute atomic E-state index is 0.0217. The lowest BCUT2D eigenvalue weighted by Gasteiger charge is -2.36. The van der Waals surface area contributed by atoms with E-state index >= 15 is 0 Å². The Kier molecular flexibility index (Phi) is 12.8. The number of thioether (sulfide) groups is 1. The second kappa shape index (κ2) is 17.6. The molecule has 0 bridgehead atoms. The topological polar surface area (TPSA) is 152 Å². The molecule has 0 aromatic heterocycles. The van der Waals surface area contributed by atoms with Gasteiger partial charge in [-0.3, -0.25) is 14.4 Å². The largest absolute Gasteiger partial charge is 0.397 e. The van der Waals surface area contributed by atoms with Crippen LogP contribution in [0.15, 0.2) is 102 Å². The molecule has 0 spiro atoms. The van der Waals surface area contributed by atoms with Crippen molar-refractivity contribution in [3.8, 4) is 0 Å². The number of anilines is 3. The summed E-state index contributed by atoms with van der Waals surface area (Å²) in [7, 11) is 0. The molecule has 3 atom stereocenters. The van der Waals surface area contributed by atoms with Crippen LogP contribution in [0.1, 0.15) is 67.3 Å². The Labute approximate surface area is 290 Å². The van der Waals surface area contributed by atoms with Crippen molar-refractivity contribution in [2.75, 3.05) is 22.1 Å². The highest BCUT2D eigenvalue weighted by molar-refractivity contribution is 7.99. The zero-order valence-corrected chi connectivity index (χ0v) is 28.2. The minimum Gasteiger partial charge on any atom is -0.397 e. The summed E-state index contributed by atoms with van der Waals surface area (Å²) in [4.78, 5) is 37.1. The van der Waals surface area contributed by atoms with Gasteiger partial charge in [-0.15, -0.1) is 11.8 Å². The fourth-order valence-corrected chi connectivity index (χ4v) is 6.29. The number of rotatable bonds is 14. The third-order valence-corrected chi connectivity index (χ3v) is 9.15. The fourth-order valence-electron chi connectivity index (χ4n) is 5.36. The van der Waals surface area contributed by atoms with Gasteiger partial charge in [-0.05, 0) is 59.5 Å². The Morgan fingerprint density at radius 3 is 2.18 bits per heavy atom. The van der Waals surface area contributed by atoms with Crippen LogP contribution in [-0.2, 0) is 37.0 Å². The molecule has 3 unspecified atom stereocenters. The Hall–Kier alpha value is -4.68. The van der Waals surface area contributed by atoms with Crippen LogP contribution >= 0.6 is 11.8 Å². The van der Waals surface area contributed by atoms with Crippen molar-refractivity contribution in [1.82, 2.24) is 5.32 Å². The smallest absolute Gasteiger partial charge is 0.224 e. The zero-order chi connectivity index (χ0) is 34.6. The molecular weight excluding hydrogens is 641 g/mol. The summed E-state index contributed by atoms with van der Waals surface area (Å²) in [5.74, 6) is 0.282. The van der Waals surface area contributed by atoms with Gasteiger partial charge in [0.1, 0.15) is 0 Å². The number of hydrogen-bond donors (Lipinski definition) is 5. The second-order valence-corrected chi connectivity index (χ2v) is 13.0. The molecule has 1 aliphatic heterocycles. The molecule has 6 N–H and O–H groups in total. The van der Waals surface area contributed by atoms with E-state index in [4.69, 9.17) is 15.2 Å².